The Morgan fingerprint density at radius 2 is 1.52 bits per heavy atom. The highest BCUT2D eigenvalue weighted by Gasteiger charge is 2.29. The molecular formula is C26H34N2O5. The average Bonchev–Trinajstić information content (AvgIpc) is 2.75. The Labute approximate surface area is 195 Å². The fraction of sp³-hybridized carbons (Fsp3) is 0.423. The van der Waals surface area contributed by atoms with Crippen molar-refractivity contribution in [1.29, 1.82) is 0 Å². The largest absolute Gasteiger partial charge is 0.480 e. The number of rotatable bonds is 9. The van der Waals surface area contributed by atoms with Gasteiger partial charge in [0.25, 0.3) is 0 Å². The maximum absolute atomic E-state index is 12.8. The molecule has 178 valence electrons. The van der Waals surface area contributed by atoms with E-state index in [0.717, 1.165) is 16.7 Å². The van der Waals surface area contributed by atoms with Crippen molar-refractivity contribution in [3.8, 4) is 0 Å². The highest BCUT2D eigenvalue weighted by molar-refractivity contribution is 5.89. The lowest BCUT2D eigenvalue weighted by Gasteiger charge is -2.24. The van der Waals surface area contributed by atoms with E-state index in [1.165, 1.54) is 0 Å². The van der Waals surface area contributed by atoms with E-state index in [4.69, 9.17) is 4.74 Å². The zero-order valence-corrected chi connectivity index (χ0v) is 19.9. The van der Waals surface area contributed by atoms with Gasteiger partial charge in [0.2, 0.25) is 5.91 Å². The smallest absolute Gasteiger partial charge is 0.408 e. The second-order valence-electron chi connectivity index (χ2n) is 9.48. The van der Waals surface area contributed by atoms with E-state index in [0.29, 0.717) is 0 Å². The van der Waals surface area contributed by atoms with Crippen molar-refractivity contribution < 1.29 is 24.2 Å². The minimum atomic E-state index is -1.14. The van der Waals surface area contributed by atoms with Gasteiger partial charge in [0.1, 0.15) is 18.7 Å². The molecule has 0 saturated heterocycles. The Morgan fingerprint density at radius 1 is 0.909 bits per heavy atom. The molecule has 0 aliphatic carbocycles. The summed E-state index contributed by atoms with van der Waals surface area (Å²) in [6, 6.07) is 14.8. The quantitative estimate of drug-likeness (QED) is 0.530. The zero-order chi connectivity index (χ0) is 24.6. The zero-order valence-electron chi connectivity index (χ0n) is 19.9. The van der Waals surface area contributed by atoms with Crippen molar-refractivity contribution in [2.45, 2.75) is 65.1 Å². The van der Waals surface area contributed by atoms with Gasteiger partial charge in [-0.1, -0.05) is 89.2 Å². The second kappa shape index (κ2) is 11.5. The van der Waals surface area contributed by atoms with Crippen molar-refractivity contribution in [2.75, 3.05) is 0 Å². The number of carboxylic acids is 1. The van der Waals surface area contributed by atoms with Crippen LogP contribution >= 0.6 is 0 Å². The number of carboxylic acid groups (broad SMARTS) is 1. The van der Waals surface area contributed by atoms with Gasteiger partial charge in [0.15, 0.2) is 0 Å². The van der Waals surface area contributed by atoms with Gasteiger partial charge in [-0.3, -0.25) is 4.79 Å². The number of hydrogen-bond acceptors (Lipinski definition) is 4. The Hall–Kier alpha value is -3.35. The van der Waals surface area contributed by atoms with Gasteiger partial charge >= 0.3 is 12.1 Å². The number of benzene rings is 2. The molecule has 2 atom stereocenters. The summed E-state index contributed by atoms with van der Waals surface area (Å²) in [4.78, 5) is 36.9. The molecule has 0 heterocycles. The summed E-state index contributed by atoms with van der Waals surface area (Å²) < 4.78 is 5.20. The van der Waals surface area contributed by atoms with E-state index in [-0.39, 0.29) is 24.4 Å². The maximum Gasteiger partial charge on any atom is 0.408 e. The molecule has 2 aromatic carbocycles. The molecule has 3 N–H and O–H groups in total. The molecule has 0 radical (unpaired) electrons. The molecule has 0 bridgehead atoms. The lowest BCUT2D eigenvalue weighted by molar-refractivity contribution is -0.142. The van der Waals surface area contributed by atoms with Crippen LogP contribution in [-0.2, 0) is 32.8 Å². The van der Waals surface area contributed by atoms with Crippen molar-refractivity contribution in [3.05, 3.63) is 71.3 Å². The topological polar surface area (TPSA) is 105 Å². The summed E-state index contributed by atoms with van der Waals surface area (Å²) in [5.74, 6) is -1.98. The van der Waals surface area contributed by atoms with Crippen LogP contribution < -0.4 is 10.6 Å². The number of hydrogen-bond donors (Lipinski definition) is 3. The number of carbonyl (C=O) groups is 3. The minimum absolute atomic E-state index is 0.00970. The molecular weight excluding hydrogens is 420 g/mol. The third kappa shape index (κ3) is 8.25. The predicted octanol–water partition coefficient (Wildman–Crippen LogP) is 4.05. The normalized spacial score (nSPS) is 13.2. The number of carbonyl (C=O) groups excluding carboxylic acids is 2. The van der Waals surface area contributed by atoms with Crippen LogP contribution in [0.4, 0.5) is 4.79 Å². The lowest BCUT2D eigenvalue weighted by atomic mass is 9.86. The number of nitrogens with one attached hydrogen (secondary N) is 2. The number of ether oxygens (including phenoxy) is 1. The standard InChI is InChI=1S/C26H34N2O5/c1-17(2)22(28-25(32)33-16-19-9-7-6-8-10-19)23(29)27-21(24(30)31)15-18-11-13-20(14-12-18)26(3,4)5/h6-14,17,21-22H,15-16H2,1-5H3,(H,27,29)(H,28,32)(H,30,31)/t21-,22-/m1/s1. The molecule has 2 aromatic rings. The lowest BCUT2D eigenvalue weighted by Crippen LogP contribution is -2.54. The SMILES string of the molecule is CC(C)[C@@H](NC(=O)OCc1ccccc1)C(=O)N[C@H](Cc1ccc(C(C)(C)C)cc1)C(=O)O. The van der Waals surface area contributed by atoms with Crippen molar-refractivity contribution in [2.24, 2.45) is 5.92 Å². The van der Waals surface area contributed by atoms with Gasteiger partial charge in [-0.25, -0.2) is 9.59 Å². The van der Waals surface area contributed by atoms with Crippen LogP contribution in [0.3, 0.4) is 0 Å². The van der Waals surface area contributed by atoms with Crippen LogP contribution in [0.15, 0.2) is 54.6 Å². The summed E-state index contributed by atoms with van der Waals surface area (Å²) in [5, 5.41) is 14.8. The summed E-state index contributed by atoms with van der Waals surface area (Å²) in [6.07, 6.45) is -0.605. The summed E-state index contributed by atoms with van der Waals surface area (Å²) in [7, 11) is 0. The average molecular weight is 455 g/mol. The molecule has 2 amide bonds. The molecule has 0 aromatic heterocycles. The van der Waals surface area contributed by atoms with Crippen molar-refractivity contribution in [3.63, 3.8) is 0 Å². The first-order valence-electron chi connectivity index (χ1n) is 11.1. The van der Waals surface area contributed by atoms with E-state index in [9.17, 15) is 19.5 Å². The molecule has 7 heteroatoms. The van der Waals surface area contributed by atoms with Gasteiger partial charge in [0, 0.05) is 6.42 Å². The van der Waals surface area contributed by atoms with E-state index in [2.05, 4.69) is 31.4 Å². The Balaban J connectivity index is 2.00. The van der Waals surface area contributed by atoms with Gasteiger partial charge in [-0.15, -0.1) is 0 Å². The molecule has 0 unspecified atom stereocenters. The van der Waals surface area contributed by atoms with Crippen LogP contribution in [0.1, 0.15) is 51.3 Å². The number of alkyl carbamates (subject to hydrolysis) is 1. The minimum Gasteiger partial charge on any atom is -0.480 e. The Morgan fingerprint density at radius 3 is 2.03 bits per heavy atom. The van der Waals surface area contributed by atoms with Gasteiger partial charge in [-0.2, -0.15) is 0 Å². The molecule has 0 spiro atoms. The van der Waals surface area contributed by atoms with Crippen LogP contribution in [0.5, 0.6) is 0 Å². The second-order valence-corrected chi connectivity index (χ2v) is 9.48. The first-order valence-corrected chi connectivity index (χ1v) is 11.1. The molecule has 0 aliphatic heterocycles. The van der Waals surface area contributed by atoms with Gasteiger partial charge < -0.3 is 20.5 Å². The van der Waals surface area contributed by atoms with Crippen LogP contribution in [0.2, 0.25) is 0 Å². The number of aliphatic carboxylic acids is 1. The Bertz CT molecular complexity index is 933. The van der Waals surface area contributed by atoms with E-state index in [1.807, 2.05) is 54.6 Å². The molecule has 33 heavy (non-hydrogen) atoms. The third-order valence-corrected chi connectivity index (χ3v) is 5.31. The molecule has 7 nitrogen and oxygen atoms in total. The van der Waals surface area contributed by atoms with Crippen molar-refractivity contribution >= 4 is 18.0 Å². The van der Waals surface area contributed by atoms with Crippen molar-refractivity contribution in [1.82, 2.24) is 10.6 Å². The Kier molecular flexibility index (Phi) is 9.02. The third-order valence-electron chi connectivity index (χ3n) is 5.31. The fourth-order valence-corrected chi connectivity index (χ4v) is 3.26. The molecule has 0 aliphatic rings. The number of amides is 2. The first-order chi connectivity index (χ1) is 15.5. The highest BCUT2D eigenvalue weighted by Crippen LogP contribution is 2.22. The highest BCUT2D eigenvalue weighted by atomic mass is 16.5. The van der Waals surface area contributed by atoms with Crippen LogP contribution in [0.25, 0.3) is 0 Å². The summed E-state index contributed by atoms with van der Waals surface area (Å²) in [6.45, 7) is 9.91. The van der Waals surface area contributed by atoms with Crippen LogP contribution in [0, 0.1) is 5.92 Å². The predicted molar refractivity (Wildman–Crippen MR) is 127 cm³/mol. The summed E-state index contributed by atoms with van der Waals surface area (Å²) in [5.41, 5.74) is 2.75. The van der Waals surface area contributed by atoms with E-state index >= 15 is 0 Å². The summed E-state index contributed by atoms with van der Waals surface area (Å²) >= 11 is 0. The van der Waals surface area contributed by atoms with E-state index < -0.39 is 30.1 Å². The molecule has 0 saturated carbocycles. The first kappa shape index (κ1) is 25.9. The molecule has 2 rings (SSSR count). The monoisotopic (exact) mass is 454 g/mol. The fourth-order valence-electron chi connectivity index (χ4n) is 3.26. The van der Waals surface area contributed by atoms with Gasteiger partial charge in [0.05, 0.1) is 0 Å². The van der Waals surface area contributed by atoms with Crippen LogP contribution in [-0.4, -0.2) is 35.2 Å². The molecule has 0 fully saturated rings. The van der Waals surface area contributed by atoms with E-state index in [1.54, 1.807) is 13.8 Å². The van der Waals surface area contributed by atoms with Gasteiger partial charge in [-0.05, 0) is 28.0 Å². The maximum atomic E-state index is 12.8.